The van der Waals surface area contributed by atoms with Crippen molar-refractivity contribution in [3.05, 3.63) is 46.8 Å². The number of methoxy groups -OCH3 is 1. The molecule has 0 saturated heterocycles. The number of nitrogens with one attached hydrogen (secondary N) is 1. The molecule has 20 heavy (non-hydrogen) atoms. The van der Waals surface area contributed by atoms with Gasteiger partial charge in [0.15, 0.2) is 0 Å². The molecule has 0 spiro atoms. The van der Waals surface area contributed by atoms with Crippen molar-refractivity contribution in [2.24, 2.45) is 0 Å². The molecule has 1 amide bonds. The number of rotatable bonds is 5. The van der Waals surface area contributed by atoms with Crippen molar-refractivity contribution >= 4 is 5.91 Å². The fourth-order valence-corrected chi connectivity index (χ4v) is 1.96. The van der Waals surface area contributed by atoms with Crippen LogP contribution in [0.1, 0.15) is 22.6 Å². The molecule has 0 saturated carbocycles. The summed E-state index contributed by atoms with van der Waals surface area (Å²) in [4.78, 5) is 11.9. The summed E-state index contributed by atoms with van der Waals surface area (Å²) in [6.45, 7) is 4.12. The van der Waals surface area contributed by atoms with Gasteiger partial charge in [-0.25, -0.2) is 0 Å². The third-order valence-corrected chi connectivity index (χ3v) is 3.14. The van der Waals surface area contributed by atoms with Gasteiger partial charge >= 0.3 is 0 Å². The number of amides is 1. The lowest BCUT2D eigenvalue weighted by molar-refractivity contribution is -0.120. The quantitative estimate of drug-likeness (QED) is 0.907. The van der Waals surface area contributed by atoms with Gasteiger partial charge in [0.05, 0.1) is 19.2 Å². The maximum atomic E-state index is 11.9. The first-order valence-corrected chi connectivity index (χ1v) is 6.41. The van der Waals surface area contributed by atoms with Gasteiger partial charge in [-0.1, -0.05) is 17.3 Å². The SMILES string of the molecule is COc1cccc(CNC(=O)Cc2c(C)noc2C)c1. The zero-order valence-corrected chi connectivity index (χ0v) is 11.9. The van der Waals surface area contributed by atoms with E-state index in [0.29, 0.717) is 12.3 Å². The molecule has 0 radical (unpaired) electrons. The third-order valence-electron chi connectivity index (χ3n) is 3.14. The lowest BCUT2D eigenvalue weighted by atomic mass is 10.1. The third kappa shape index (κ3) is 3.38. The number of carbonyl (C=O) groups excluding carboxylic acids is 1. The Morgan fingerprint density at radius 2 is 2.20 bits per heavy atom. The summed E-state index contributed by atoms with van der Waals surface area (Å²) in [5.41, 5.74) is 2.61. The number of aromatic nitrogens is 1. The Balaban J connectivity index is 1.92. The van der Waals surface area contributed by atoms with Crippen LogP contribution in [0.2, 0.25) is 0 Å². The summed E-state index contributed by atoms with van der Waals surface area (Å²) >= 11 is 0. The summed E-state index contributed by atoms with van der Waals surface area (Å²) in [5.74, 6) is 1.42. The van der Waals surface area contributed by atoms with E-state index in [2.05, 4.69) is 10.5 Å². The average Bonchev–Trinajstić information content (AvgIpc) is 2.77. The summed E-state index contributed by atoms with van der Waals surface area (Å²) in [5, 5.41) is 6.72. The van der Waals surface area contributed by atoms with E-state index in [9.17, 15) is 4.79 Å². The van der Waals surface area contributed by atoms with Crippen LogP contribution in [0.3, 0.4) is 0 Å². The normalized spacial score (nSPS) is 10.3. The van der Waals surface area contributed by atoms with Crippen molar-refractivity contribution in [2.45, 2.75) is 26.8 Å². The fraction of sp³-hybridized carbons (Fsp3) is 0.333. The Morgan fingerprint density at radius 3 is 2.85 bits per heavy atom. The molecule has 2 rings (SSSR count). The highest BCUT2D eigenvalue weighted by Crippen LogP contribution is 2.14. The smallest absolute Gasteiger partial charge is 0.224 e. The van der Waals surface area contributed by atoms with Crippen LogP contribution in [-0.4, -0.2) is 18.2 Å². The molecule has 0 bridgehead atoms. The molecule has 2 aromatic rings. The van der Waals surface area contributed by atoms with Gasteiger partial charge in [-0.05, 0) is 31.5 Å². The predicted molar refractivity (Wildman–Crippen MR) is 74.5 cm³/mol. The Labute approximate surface area is 117 Å². The number of nitrogens with zero attached hydrogens (tertiary/aromatic N) is 1. The predicted octanol–water partition coefficient (Wildman–Crippen LogP) is 2.16. The Morgan fingerprint density at radius 1 is 1.40 bits per heavy atom. The topological polar surface area (TPSA) is 64.4 Å². The molecule has 1 aromatic heterocycles. The molecule has 0 atom stereocenters. The van der Waals surface area contributed by atoms with Crippen molar-refractivity contribution in [2.75, 3.05) is 7.11 Å². The van der Waals surface area contributed by atoms with Gasteiger partial charge in [0, 0.05) is 12.1 Å². The van der Waals surface area contributed by atoms with Crippen LogP contribution in [0.15, 0.2) is 28.8 Å². The number of ether oxygens (including phenoxy) is 1. The van der Waals surface area contributed by atoms with Crippen molar-refractivity contribution in [3.8, 4) is 5.75 Å². The summed E-state index contributed by atoms with van der Waals surface area (Å²) in [6.07, 6.45) is 0.283. The van der Waals surface area contributed by atoms with Crippen molar-refractivity contribution < 1.29 is 14.1 Å². The number of carbonyl (C=O) groups is 1. The van der Waals surface area contributed by atoms with Gasteiger partial charge in [-0.2, -0.15) is 0 Å². The first-order valence-electron chi connectivity index (χ1n) is 6.41. The van der Waals surface area contributed by atoms with Crippen LogP contribution in [0.5, 0.6) is 5.75 Å². The first kappa shape index (κ1) is 14.1. The van der Waals surface area contributed by atoms with E-state index in [-0.39, 0.29) is 12.3 Å². The van der Waals surface area contributed by atoms with Crippen molar-refractivity contribution in [3.63, 3.8) is 0 Å². The highest BCUT2D eigenvalue weighted by molar-refractivity contribution is 5.79. The van der Waals surface area contributed by atoms with Gasteiger partial charge in [0.25, 0.3) is 0 Å². The lowest BCUT2D eigenvalue weighted by Crippen LogP contribution is -2.24. The molecule has 0 aliphatic carbocycles. The first-order chi connectivity index (χ1) is 9.60. The van der Waals surface area contributed by atoms with E-state index in [1.54, 1.807) is 7.11 Å². The highest BCUT2D eigenvalue weighted by atomic mass is 16.5. The van der Waals surface area contributed by atoms with Crippen LogP contribution in [0, 0.1) is 13.8 Å². The molecular formula is C15H18N2O3. The molecule has 1 aromatic carbocycles. The Hall–Kier alpha value is -2.30. The molecule has 0 aliphatic rings. The fourth-order valence-electron chi connectivity index (χ4n) is 1.96. The second-order valence-electron chi connectivity index (χ2n) is 4.61. The van der Waals surface area contributed by atoms with E-state index < -0.39 is 0 Å². The Bertz CT molecular complexity index is 585. The van der Waals surface area contributed by atoms with E-state index in [0.717, 1.165) is 22.6 Å². The van der Waals surface area contributed by atoms with Crippen LogP contribution < -0.4 is 10.1 Å². The average molecular weight is 274 g/mol. The zero-order chi connectivity index (χ0) is 14.5. The summed E-state index contributed by atoms with van der Waals surface area (Å²) < 4.78 is 10.2. The largest absolute Gasteiger partial charge is 0.497 e. The Kier molecular flexibility index (Phi) is 4.40. The van der Waals surface area contributed by atoms with Gasteiger partial charge in [-0.15, -0.1) is 0 Å². The molecule has 0 aliphatic heterocycles. The van der Waals surface area contributed by atoms with Crippen LogP contribution in [0.4, 0.5) is 0 Å². The molecular weight excluding hydrogens is 256 g/mol. The highest BCUT2D eigenvalue weighted by Gasteiger charge is 2.13. The van der Waals surface area contributed by atoms with E-state index >= 15 is 0 Å². The van der Waals surface area contributed by atoms with Gasteiger partial charge < -0.3 is 14.6 Å². The minimum Gasteiger partial charge on any atom is -0.497 e. The lowest BCUT2D eigenvalue weighted by Gasteiger charge is -2.07. The minimum atomic E-state index is -0.0535. The van der Waals surface area contributed by atoms with E-state index in [1.165, 1.54) is 0 Å². The molecule has 5 heteroatoms. The summed E-state index contributed by atoms with van der Waals surface area (Å²) in [6, 6.07) is 7.61. The number of hydrogen-bond acceptors (Lipinski definition) is 4. The standard InChI is InChI=1S/C15H18N2O3/c1-10-14(11(2)20-17-10)8-15(18)16-9-12-5-4-6-13(7-12)19-3/h4-7H,8-9H2,1-3H3,(H,16,18). The number of benzene rings is 1. The second-order valence-corrected chi connectivity index (χ2v) is 4.61. The van der Waals surface area contributed by atoms with Crippen LogP contribution in [-0.2, 0) is 17.8 Å². The minimum absolute atomic E-state index is 0.0535. The molecule has 1 N–H and O–H groups in total. The number of aryl methyl sites for hydroxylation is 2. The molecule has 1 heterocycles. The zero-order valence-electron chi connectivity index (χ0n) is 11.9. The van der Waals surface area contributed by atoms with Crippen molar-refractivity contribution in [1.29, 1.82) is 0 Å². The van der Waals surface area contributed by atoms with E-state index in [4.69, 9.17) is 9.26 Å². The molecule has 0 fully saturated rings. The second kappa shape index (κ2) is 6.23. The molecule has 5 nitrogen and oxygen atoms in total. The maximum absolute atomic E-state index is 11.9. The van der Waals surface area contributed by atoms with Crippen molar-refractivity contribution in [1.82, 2.24) is 10.5 Å². The monoisotopic (exact) mass is 274 g/mol. The van der Waals surface area contributed by atoms with Gasteiger partial charge in [0.1, 0.15) is 11.5 Å². The van der Waals surface area contributed by atoms with E-state index in [1.807, 2.05) is 38.1 Å². The van der Waals surface area contributed by atoms with Gasteiger partial charge in [0.2, 0.25) is 5.91 Å². The number of hydrogen-bond donors (Lipinski definition) is 1. The van der Waals surface area contributed by atoms with Crippen LogP contribution in [0.25, 0.3) is 0 Å². The van der Waals surface area contributed by atoms with Crippen LogP contribution >= 0.6 is 0 Å². The maximum Gasteiger partial charge on any atom is 0.224 e. The molecule has 106 valence electrons. The molecule has 0 unspecified atom stereocenters. The van der Waals surface area contributed by atoms with Gasteiger partial charge in [-0.3, -0.25) is 4.79 Å². The summed E-state index contributed by atoms with van der Waals surface area (Å²) in [7, 11) is 1.62.